The van der Waals surface area contributed by atoms with Crippen molar-refractivity contribution in [1.29, 1.82) is 0 Å². The molecule has 3 aromatic carbocycles. The smallest absolute Gasteiger partial charge is 0.267 e. The monoisotopic (exact) mass is 460 g/mol. The lowest BCUT2D eigenvalue weighted by atomic mass is 10.1. The lowest BCUT2D eigenvalue weighted by Gasteiger charge is -2.14. The predicted molar refractivity (Wildman–Crippen MR) is 128 cm³/mol. The van der Waals surface area contributed by atoms with Gasteiger partial charge in [-0.3, -0.25) is 9.20 Å². The number of halogens is 1. The van der Waals surface area contributed by atoms with E-state index in [0.717, 1.165) is 22.3 Å². The molecule has 0 fully saturated rings. The van der Waals surface area contributed by atoms with Gasteiger partial charge in [0.25, 0.3) is 5.56 Å². The molecule has 2 heterocycles. The minimum absolute atomic E-state index is 0.150. The van der Waals surface area contributed by atoms with E-state index in [9.17, 15) is 9.18 Å². The van der Waals surface area contributed by atoms with Crippen LogP contribution >= 0.6 is 11.8 Å². The van der Waals surface area contributed by atoms with Crippen LogP contribution in [0.1, 0.15) is 16.7 Å². The van der Waals surface area contributed by atoms with Gasteiger partial charge in [-0.1, -0.05) is 36.0 Å². The summed E-state index contributed by atoms with van der Waals surface area (Å²) in [5.74, 6) is 1.14. The van der Waals surface area contributed by atoms with Gasteiger partial charge >= 0.3 is 0 Å². The van der Waals surface area contributed by atoms with Crippen LogP contribution in [0.25, 0.3) is 22.4 Å². The van der Waals surface area contributed by atoms with Gasteiger partial charge < -0.3 is 4.74 Å². The molecule has 166 valence electrons. The first-order valence-electron chi connectivity index (χ1n) is 10.4. The number of methoxy groups -OCH3 is 1. The average molecular weight is 461 g/mol. The van der Waals surface area contributed by atoms with Crippen LogP contribution < -0.4 is 10.3 Å². The van der Waals surface area contributed by atoms with Gasteiger partial charge in [-0.05, 0) is 61.4 Å². The van der Waals surface area contributed by atoms with Crippen molar-refractivity contribution in [3.05, 3.63) is 93.5 Å². The van der Waals surface area contributed by atoms with Crippen LogP contribution in [0.2, 0.25) is 0 Å². The number of hydrogen-bond donors (Lipinski definition) is 0. The molecule has 0 unspecified atom stereocenters. The predicted octanol–water partition coefficient (Wildman–Crippen LogP) is 5.09. The number of rotatable bonds is 5. The first kappa shape index (κ1) is 21.2. The van der Waals surface area contributed by atoms with Crippen molar-refractivity contribution in [3.63, 3.8) is 0 Å². The fourth-order valence-corrected chi connectivity index (χ4v) is 4.89. The van der Waals surface area contributed by atoms with E-state index in [1.807, 2.05) is 60.7 Å². The molecular weight excluding hydrogens is 439 g/mol. The molecule has 8 heteroatoms. The summed E-state index contributed by atoms with van der Waals surface area (Å²) in [4.78, 5) is 13.5. The molecule has 0 radical (unpaired) electrons. The highest BCUT2D eigenvalue weighted by molar-refractivity contribution is 7.98. The number of hydrogen-bond acceptors (Lipinski definition) is 5. The zero-order valence-corrected chi connectivity index (χ0v) is 19.2. The van der Waals surface area contributed by atoms with E-state index in [4.69, 9.17) is 4.74 Å². The van der Waals surface area contributed by atoms with E-state index in [-0.39, 0.29) is 11.4 Å². The highest BCUT2D eigenvalue weighted by atomic mass is 32.2. The summed E-state index contributed by atoms with van der Waals surface area (Å²) in [6.45, 7) is 4.00. The van der Waals surface area contributed by atoms with Crippen molar-refractivity contribution in [2.45, 2.75) is 24.8 Å². The van der Waals surface area contributed by atoms with Crippen LogP contribution in [0.15, 0.2) is 70.6 Å². The summed E-state index contributed by atoms with van der Waals surface area (Å²) in [6.07, 6.45) is 0. The van der Waals surface area contributed by atoms with Crippen LogP contribution in [-0.2, 0) is 5.75 Å². The Labute approximate surface area is 193 Å². The number of fused-ring (bicyclic) bond motifs is 3. The van der Waals surface area contributed by atoms with Crippen LogP contribution in [0.4, 0.5) is 4.39 Å². The molecule has 0 saturated carbocycles. The normalized spacial score (nSPS) is 11.4. The standard InChI is InChI=1S/C25H21FN4O2S/c1-15-7-6-10-20(16(15)2)29-23(31)19-8-4-5-9-21(19)30-24(29)27-28-25(30)33-14-17-13-18(26)11-12-22(17)32-3/h4-13H,14H2,1-3H3. The maximum Gasteiger partial charge on any atom is 0.267 e. The lowest BCUT2D eigenvalue weighted by Crippen LogP contribution is -2.22. The second-order valence-corrected chi connectivity index (χ2v) is 8.68. The third-order valence-corrected chi connectivity index (χ3v) is 6.79. The molecule has 0 spiro atoms. The first-order valence-corrected chi connectivity index (χ1v) is 11.4. The molecule has 5 rings (SSSR count). The molecule has 0 aliphatic heterocycles. The Hall–Kier alpha value is -3.65. The first-order chi connectivity index (χ1) is 16.0. The molecule has 0 saturated heterocycles. The van der Waals surface area contributed by atoms with E-state index in [0.29, 0.717) is 33.4 Å². The molecule has 0 amide bonds. The molecular formula is C25H21FN4O2S. The summed E-state index contributed by atoms with van der Waals surface area (Å²) >= 11 is 1.41. The van der Waals surface area contributed by atoms with Crippen molar-refractivity contribution < 1.29 is 9.13 Å². The maximum atomic E-state index is 13.8. The Morgan fingerprint density at radius 3 is 2.67 bits per heavy atom. The van der Waals surface area contributed by atoms with Crippen molar-refractivity contribution in [1.82, 2.24) is 19.2 Å². The molecule has 0 aliphatic carbocycles. The quantitative estimate of drug-likeness (QED) is 0.342. The SMILES string of the molecule is COc1ccc(F)cc1CSc1nnc2n(-c3cccc(C)c3C)c(=O)c3ccccc3n12. The third kappa shape index (κ3) is 3.56. The summed E-state index contributed by atoms with van der Waals surface area (Å²) in [7, 11) is 1.56. The van der Waals surface area contributed by atoms with E-state index >= 15 is 0 Å². The number of aryl methyl sites for hydroxylation is 1. The number of benzene rings is 3. The van der Waals surface area contributed by atoms with Gasteiger partial charge in [0.1, 0.15) is 11.6 Å². The topological polar surface area (TPSA) is 61.4 Å². The van der Waals surface area contributed by atoms with Crippen LogP contribution in [0, 0.1) is 19.7 Å². The van der Waals surface area contributed by atoms with Gasteiger partial charge in [-0.25, -0.2) is 8.96 Å². The molecule has 0 aliphatic rings. The average Bonchev–Trinajstić information content (AvgIpc) is 3.24. The van der Waals surface area contributed by atoms with Crippen LogP contribution in [-0.4, -0.2) is 26.3 Å². The number of aromatic nitrogens is 4. The van der Waals surface area contributed by atoms with Gasteiger partial charge in [-0.15, -0.1) is 10.2 Å². The van der Waals surface area contributed by atoms with Gasteiger partial charge in [-0.2, -0.15) is 0 Å². The Balaban J connectivity index is 1.72. The van der Waals surface area contributed by atoms with Crippen molar-refractivity contribution >= 4 is 28.4 Å². The van der Waals surface area contributed by atoms with Gasteiger partial charge in [0.05, 0.1) is 23.7 Å². The minimum atomic E-state index is -0.327. The number of thioether (sulfide) groups is 1. The van der Waals surface area contributed by atoms with Gasteiger partial charge in [0, 0.05) is 11.3 Å². The molecule has 0 bridgehead atoms. The number of nitrogens with zero attached hydrogens (tertiary/aromatic N) is 4. The lowest BCUT2D eigenvalue weighted by molar-refractivity contribution is 0.410. The van der Waals surface area contributed by atoms with Crippen LogP contribution in [0.3, 0.4) is 0 Å². The number of ether oxygens (including phenoxy) is 1. The number of para-hydroxylation sites is 1. The second-order valence-electron chi connectivity index (χ2n) is 7.74. The van der Waals surface area contributed by atoms with E-state index in [2.05, 4.69) is 10.2 Å². The van der Waals surface area contributed by atoms with Gasteiger partial charge in [0.2, 0.25) is 5.78 Å². The summed E-state index contributed by atoms with van der Waals surface area (Å²) < 4.78 is 22.7. The van der Waals surface area contributed by atoms with Crippen LogP contribution in [0.5, 0.6) is 5.75 Å². The summed E-state index contributed by atoms with van der Waals surface area (Å²) in [5, 5.41) is 9.97. The maximum absolute atomic E-state index is 13.8. The fraction of sp³-hybridized carbons (Fsp3) is 0.160. The molecule has 0 atom stereocenters. The van der Waals surface area contributed by atoms with Crippen molar-refractivity contribution in [2.24, 2.45) is 0 Å². The molecule has 2 aromatic heterocycles. The highest BCUT2D eigenvalue weighted by Crippen LogP contribution is 2.30. The Morgan fingerprint density at radius 1 is 1.03 bits per heavy atom. The Bertz CT molecular complexity index is 1570. The fourth-order valence-electron chi connectivity index (χ4n) is 3.97. The van der Waals surface area contributed by atoms with Crippen molar-refractivity contribution in [2.75, 3.05) is 7.11 Å². The molecule has 33 heavy (non-hydrogen) atoms. The summed E-state index contributed by atoms with van der Waals surface area (Å²) in [6, 6.07) is 17.7. The largest absolute Gasteiger partial charge is 0.496 e. The Kier molecular flexibility index (Phi) is 5.38. The van der Waals surface area contributed by atoms with E-state index < -0.39 is 0 Å². The minimum Gasteiger partial charge on any atom is -0.496 e. The highest BCUT2D eigenvalue weighted by Gasteiger charge is 2.19. The second kappa shape index (κ2) is 8.37. The zero-order valence-electron chi connectivity index (χ0n) is 18.4. The van der Waals surface area contributed by atoms with Crippen molar-refractivity contribution in [3.8, 4) is 11.4 Å². The zero-order chi connectivity index (χ0) is 23.1. The molecule has 0 N–H and O–H groups in total. The van der Waals surface area contributed by atoms with E-state index in [1.165, 1.54) is 23.9 Å². The molecule has 5 aromatic rings. The van der Waals surface area contributed by atoms with E-state index in [1.54, 1.807) is 17.7 Å². The van der Waals surface area contributed by atoms with Gasteiger partial charge in [0.15, 0.2) is 5.16 Å². The third-order valence-electron chi connectivity index (χ3n) is 5.81. The molecule has 6 nitrogen and oxygen atoms in total. The summed E-state index contributed by atoms with van der Waals surface area (Å²) in [5.41, 5.74) is 4.13. The Morgan fingerprint density at radius 2 is 1.85 bits per heavy atom.